The van der Waals surface area contributed by atoms with E-state index >= 15 is 0 Å². The summed E-state index contributed by atoms with van der Waals surface area (Å²) in [4.78, 5) is 25.5. The van der Waals surface area contributed by atoms with Gasteiger partial charge in [-0.2, -0.15) is 0 Å². The quantitative estimate of drug-likeness (QED) is 0.188. The Labute approximate surface area is 212 Å². The van der Waals surface area contributed by atoms with Gasteiger partial charge in [-0.25, -0.2) is 9.59 Å². The molecule has 35 heavy (non-hydrogen) atoms. The van der Waals surface area contributed by atoms with E-state index in [4.69, 9.17) is 14.2 Å². The second-order valence-corrected chi connectivity index (χ2v) is 8.77. The second kappa shape index (κ2) is 11.0. The van der Waals surface area contributed by atoms with Gasteiger partial charge in [0, 0.05) is 10.0 Å². The number of halogens is 1. The van der Waals surface area contributed by atoms with E-state index in [9.17, 15) is 9.59 Å². The summed E-state index contributed by atoms with van der Waals surface area (Å²) >= 11 is 3.54. The van der Waals surface area contributed by atoms with Crippen molar-refractivity contribution in [2.45, 2.75) is 20.5 Å². The first-order valence-corrected chi connectivity index (χ1v) is 11.8. The molecule has 0 aliphatic heterocycles. The Morgan fingerprint density at radius 1 is 0.686 bits per heavy atom. The van der Waals surface area contributed by atoms with Crippen molar-refractivity contribution in [1.82, 2.24) is 0 Å². The predicted molar refractivity (Wildman–Crippen MR) is 137 cm³/mol. The molecule has 5 nitrogen and oxygen atoms in total. The Balaban J connectivity index is 1.65. The number of hydrogen-bond acceptors (Lipinski definition) is 5. The van der Waals surface area contributed by atoms with Crippen LogP contribution in [0.2, 0.25) is 0 Å². The highest BCUT2D eigenvalue weighted by atomic mass is 79.9. The molecule has 4 rings (SSSR count). The second-order valence-electron chi connectivity index (χ2n) is 7.91. The molecule has 0 atom stereocenters. The van der Waals surface area contributed by atoms with Gasteiger partial charge in [-0.3, -0.25) is 0 Å². The summed E-state index contributed by atoms with van der Waals surface area (Å²) in [6.45, 7) is 4.18. The molecule has 176 valence electrons. The lowest BCUT2D eigenvalue weighted by Crippen LogP contribution is -2.13. The molecule has 0 radical (unpaired) electrons. The fourth-order valence-corrected chi connectivity index (χ4v) is 3.93. The van der Waals surface area contributed by atoms with Crippen LogP contribution >= 0.6 is 15.9 Å². The minimum Gasteiger partial charge on any atom is -0.488 e. The molecule has 0 spiro atoms. The molecule has 0 amide bonds. The van der Waals surface area contributed by atoms with Gasteiger partial charge in [0.1, 0.15) is 12.4 Å². The van der Waals surface area contributed by atoms with Crippen molar-refractivity contribution in [3.63, 3.8) is 0 Å². The average Bonchev–Trinajstić information content (AvgIpc) is 2.87. The van der Waals surface area contributed by atoms with Gasteiger partial charge < -0.3 is 14.2 Å². The molecule has 0 N–H and O–H groups in total. The van der Waals surface area contributed by atoms with Crippen molar-refractivity contribution in [3.05, 3.63) is 123 Å². The highest BCUT2D eigenvalue weighted by Crippen LogP contribution is 2.36. The zero-order chi connectivity index (χ0) is 24.8. The van der Waals surface area contributed by atoms with Crippen LogP contribution in [0.15, 0.2) is 95.5 Å². The molecule has 0 aliphatic rings. The molecule has 0 bridgehead atoms. The third-order valence-corrected chi connectivity index (χ3v) is 6.06. The van der Waals surface area contributed by atoms with Crippen molar-refractivity contribution in [3.8, 4) is 17.2 Å². The molecule has 0 saturated heterocycles. The molecular weight excluding hydrogens is 508 g/mol. The number of esters is 2. The normalized spacial score (nSPS) is 10.5. The van der Waals surface area contributed by atoms with Crippen LogP contribution < -0.4 is 14.2 Å². The molecular formula is C29H23BrO5. The van der Waals surface area contributed by atoms with Crippen molar-refractivity contribution in [2.75, 3.05) is 0 Å². The Bertz CT molecular complexity index is 1330. The highest BCUT2D eigenvalue weighted by molar-refractivity contribution is 9.10. The first-order valence-electron chi connectivity index (χ1n) is 11.0. The maximum absolute atomic E-state index is 12.8. The summed E-state index contributed by atoms with van der Waals surface area (Å²) in [6, 6.07) is 26.4. The monoisotopic (exact) mass is 530 g/mol. The van der Waals surface area contributed by atoms with Crippen LogP contribution in [-0.4, -0.2) is 11.9 Å². The van der Waals surface area contributed by atoms with Gasteiger partial charge in [0.15, 0.2) is 11.5 Å². The van der Waals surface area contributed by atoms with E-state index in [1.807, 2.05) is 44.2 Å². The highest BCUT2D eigenvalue weighted by Gasteiger charge is 2.19. The van der Waals surface area contributed by atoms with Gasteiger partial charge in [-0.05, 0) is 61.4 Å². The minimum atomic E-state index is -0.563. The third-order valence-electron chi connectivity index (χ3n) is 5.32. The zero-order valence-corrected chi connectivity index (χ0v) is 20.9. The van der Waals surface area contributed by atoms with Gasteiger partial charge in [0.05, 0.1) is 11.1 Å². The van der Waals surface area contributed by atoms with E-state index in [1.54, 1.807) is 60.7 Å². The summed E-state index contributed by atoms with van der Waals surface area (Å²) in [5.74, 6) is -0.0975. The molecule has 0 aliphatic carbocycles. The lowest BCUT2D eigenvalue weighted by Gasteiger charge is -2.16. The van der Waals surface area contributed by atoms with Crippen LogP contribution in [0.4, 0.5) is 0 Å². The van der Waals surface area contributed by atoms with E-state index in [0.717, 1.165) is 22.4 Å². The average molecular weight is 531 g/mol. The van der Waals surface area contributed by atoms with Crippen molar-refractivity contribution in [2.24, 2.45) is 0 Å². The van der Waals surface area contributed by atoms with Crippen LogP contribution in [0, 0.1) is 13.8 Å². The summed E-state index contributed by atoms with van der Waals surface area (Å²) < 4.78 is 18.0. The van der Waals surface area contributed by atoms with Gasteiger partial charge >= 0.3 is 11.9 Å². The summed E-state index contributed by atoms with van der Waals surface area (Å²) in [5.41, 5.74) is 3.52. The number of rotatable bonds is 7. The van der Waals surface area contributed by atoms with E-state index in [-0.39, 0.29) is 18.1 Å². The molecule has 0 aromatic heterocycles. The molecule has 0 heterocycles. The van der Waals surface area contributed by atoms with Crippen molar-refractivity contribution < 1.29 is 23.8 Å². The smallest absolute Gasteiger partial charge is 0.343 e. The number of hydrogen-bond donors (Lipinski definition) is 0. The third kappa shape index (κ3) is 5.97. The van der Waals surface area contributed by atoms with Crippen molar-refractivity contribution in [1.29, 1.82) is 0 Å². The molecule has 4 aromatic carbocycles. The zero-order valence-electron chi connectivity index (χ0n) is 19.3. The predicted octanol–water partition coefficient (Wildman–Crippen LogP) is 7.08. The van der Waals surface area contributed by atoms with Gasteiger partial charge in [0.2, 0.25) is 0 Å². The first kappa shape index (κ1) is 24.2. The fraction of sp³-hybridized carbons (Fsp3) is 0.103. The lowest BCUT2D eigenvalue weighted by molar-refractivity contribution is 0.0682. The number of benzene rings is 4. The Morgan fingerprint density at radius 3 is 1.69 bits per heavy atom. The number of carbonyl (C=O) groups excluding carboxylic acids is 2. The number of ether oxygens (including phenoxy) is 3. The lowest BCUT2D eigenvalue weighted by atomic mass is 10.1. The summed E-state index contributed by atoms with van der Waals surface area (Å²) in [5, 5.41) is 0. The van der Waals surface area contributed by atoms with E-state index in [0.29, 0.717) is 15.6 Å². The molecule has 0 fully saturated rings. The van der Waals surface area contributed by atoms with Gasteiger partial charge in [0.25, 0.3) is 0 Å². The number of carbonyl (C=O) groups is 2. The van der Waals surface area contributed by atoms with E-state index in [2.05, 4.69) is 15.9 Å². The Kier molecular flexibility index (Phi) is 7.63. The van der Waals surface area contributed by atoms with E-state index in [1.165, 1.54) is 0 Å². The van der Waals surface area contributed by atoms with Crippen LogP contribution in [0.1, 0.15) is 37.4 Å². The molecule has 0 saturated carbocycles. The van der Waals surface area contributed by atoms with E-state index < -0.39 is 11.9 Å². The molecule has 0 unspecified atom stereocenters. The minimum absolute atomic E-state index is 0.117. The number of para-hydroxylation sites is 1. The van der Waals surface area contributed by atoms with Crippen LogP contribution in [0.3, 0.4) is 0 Å². The maximum atomic E-state index is 12.8. The van der Waals surface area contributed by atoms with Crippen molar-refractivity contribution >= 4 is 27.9 Å². The van der Waals surface area contributed by atoms with Crippen LogP contribution in [-0.2, 0) is 6.61 Å². The number of aryl methyl sites for hydroxylation is 2. The first-order chi connectivity index (χ1) is 16.9. The fourth-order valence-electron chi connectivity index (χ4n) is 3.49. The van der Waals surface area contributed by atoms with Crippen LogP contribution in [0.5, 0.6) is 17.2 Å². The van der Waals surface area contributed by atoms with Crippen LogP contribution in [0.25, 0.3) is 0 Å². The Morgan fingerprint density at radius 2 is 1.17 bits per heavy atom. The SMILES string of the molecule is Cc1cccc(C)c1OCc1cc(OC(=O)c2ccccc2)c(OC(=O)c2ccccc2)cc1Br. The van der Waals surface area contributed by atoms with Gasteiger partial charge in [-0.15, -0.1) is 0 Å². The largest absolute Gasteiger partial charge is 0.488 e. The summed E-state index contributed by atoms with van der Waals surface area (Å²) in [7, 11) is 0. The van der Waals surface area contributed by atoms with Gasteiger partial charge in [-0.1, -0.05) is 70.5 Å². The topological polar surface area (TPSA) is 61.8 Å². The summed E-state index contributed by atoms with van der Waals surface area (Å²) in [6.07, 6.45) is 0. The standard InChI is InChI=1S/C29H23BrO5/c1-19-10-9-11-20(2)27(19)33-18-23-16-25(34-28(31)21-12-5-3-6-13-21)26(17-24(23)30)35-29(32)22-14-7-4-8-15-22/h3-17H,18H2,1-2H3. The maximum Gasteiger partial charge on any atom is 0.343 e. The molecule has 6 heteroatoms. The molecule has 4 aromatic rings. The Hall–Kier alpha value is -3.90.